The quantitative estimate of drug-likeness (QED) is 0.780. The zero-order valence-corrected chi connectivity index (χ0v) is 15.8. The minimum atomic E-state index is -0.0300. The van der Waals surface area contributed by atoms with Gasteiger partial charge in [0.15, 0.2) is 0 Å². The molecule has 2 N–H and O–H groups in total. The molecule has 1 atom stereocenters. The second-order valence-electron chi connectivity index (χ2n) is 5.86. The van der Waals surface area contributed by atoms with Gasteiger partial charge in [-0.3, -0.25) is 4.79 Å². The van der Waals surface area contributed by atoms with Crippen LogP contribution in [0.2, 0.25) is 10.0 Å². The van der Waals surface area contributed by atoms with Crippen LogP contribution in [0.3, 0.4) is 0 Å². The van der Waals surface area contributed by atoms with Crippen molar-refractivity contribution in [3.63, 3.8) is 0 Å². The molecule has 1 heterocycles. The summed E-state index contributed by atoms with van der Waals surface area (Å²) < 4.78 is 5.90. The minimum Gasteiger partial charge on any atom is -0.488 e. The number of amides is 1. The summed E-state index contributed by atoms with van der Waals surface area (Å²) in [7, 11) is 0. The molecular formula is C18H19Cl3N2O2. The van der Waals surface area contributed by atoms with E-state index in [1.54, 1.807) is 18.2 Å². The van der Waals surface area contributed by atoms with Gasteiger partial charge in [0.2, 0.25) is 5.91 Å². The average Bonchev–Trinajstić information content (AvgIpc) is 3.02. The van der Waals surface area contributed by atoms with Gasteiger partial charge in [0, 0.05) is 24.7 Å². The van der Waals surface area contributed by atoms with Crippen molar-refractivity contribution in [1.82, 2.24) is 4.90 Å². The summed E-state index contributed by atoms with van der Waals surface area (Å²) in [6.07, 6.45) is 1.14. The van der Waals surface area contributed by atoms with Crippen LogP contribution in [0.1, 0.15) is 12.0 Å². The number of rotatable bonds is 4. The van der Waals surface area contributed by atoms with Crippen LogP contribution in [-0.2, 0) is 11.2 Å². The van der Waals surface area contributed by atoms with E-state index in [0.29, 0.717) is 41.0 Å². The van der Waals surface area contributed by atoms with E-state index in [-0.39, 0.29) is 24.4 Å². The molecule has 1 fully saturated rings. The molecule has 0 aliphatic carbocycles. The smallest absolute Gasteiger partial charge is 0.227 e. The van der Waals surface area contributed by atoms with E-state index >= 15 is 0 Å². The Kier molecular flexibility index (Phi) is 6.82. The highest BCUT2D eigenvalue weighted by atomic mass is 35.5. The maximum atomic E-state index is 12.4. The number of nitrogens with zero attached hydrogens (tertiary/aromatic N) is 1. The predicted octanol–water partition coefficient (Wildman–Crippen LogP) is 4.22. The van der Waals surface area contributed by atoms with Crippen molar-refractivity contribution < 1.29 is 9.53 Å². The highest BCUT2D eigenvalue weighted by Crippen LogP contribution is 2.28. The highest BCUT2D eigenvalue weighted by molar-refractivity contribution is 6.42. The SMILES string of the molecule is Cl.Nc1ccc(CC(=O)N2CCC(Oc3ccc(Cl)c(Cl)c3)C2)cc1. The molecule has 3 rings (SSSR count). The third kappa shape index (κ3) is 5.18. The molecule has 0 radical (unpaired) electrons. The van der Waals surface area contributed by atoms with Crippen molar-refractivity contribution in [3.8, 4) is 5.75 Å². The summed E-state index contributed by atoms with van der Waals surface area (Å²) in [5.74, 6) is 0.766. The zero-order chi connectivity index (χ0) is 17.1. The first-order valence-corrected chi connectivity index (χ1v) is 8.51. The van der Waals surface area contributed by atoms with Gasteiger partial charge < -0.3 is 15.4 Å². The molecule has 0 saturated carbocycles. The second kappa shape index (κ2) is 8.65. The molecule has 7 heteroatoms. The Bertz CT molecular complexity index is 738. The van der Waals surface area contributed by atoms with Crippen molar-refractivity contribution in [3.05, 3.63) is 58.1 Å². The van der Waals surface area contributed by atoms with Crippen molar-refractivity contribution in [1.29, 1.82) is 0 Å². The van der Waals surface area contributed by atoms with Gasteiger partial charge in [-0.05, 0) is 29.8 Å². The van der Waals surface area contributed by atoms with Crippen molar-refractivity contribution in [2.24, 2.45) is 0 Å². The van der Waals surface area contributed by atoms with Crippen LogP contribution in [-0.4, -0.2) is 30.0 Å². The number of benzene rings is 2. The molecule has 1 aliphatic rings. The first-order valence-electron chi connectivity index (χ1n) is 7.75. The predicted molar refractivity (Wildman–Crippen MR) is 104 cm³/mol. The van der Waals surface area contributed by atoms with E-state index in [4.69, 9.17) is 33.7 Å². The Morgan fingerprint density at radius 3 is 2.56 bits per heavy atom. The molecule has 134 valence electrons. The number of carbonyl (C=O) groups excluding carboxylic acids is 1. The Hall–Kier alpha value is -1.62. The van der Waals surface area contributed by atoms with Crippen LogP contribution in [0.15, 0.2) is 42.5 Å². The third-order valence-corrected chi connectivity index (χ3v) is 4.77. The van der Waals surface area contributed by atoms with Crippen LogP contribution >= 0.6 is 35.6 Å². The van der Waals surface area contributed by atoms with Crippen LogP contribution in [0, 0.1) is 0 Å². The Morgan fingerprint density at radius 2 is 1.88 bits per heavy atom. The number of hydrogen-bond donors (Lipinski definition) is 1. The molecule has 2 aromatic rings. The summed E-state index contributed by atoms with van der Waals surface area (Å²) in [4.78, 5) is 14.2. The Labute approximate surface area is 163 Å². The fourth-order valence-electron chi connectivity index (χ4n) is 2.72. The van der Waals surface area contributed by atoms with Gasteiger partial charge in [-0.15, -0.1) is 12.4 Å². The van der Waals surface area contributed by atoms with E-state index in [1.165, 1.54) is 0 Å². The first-order chi connectivity index (χ1) is 11.5. The van der Waals surface area contributed by atoms with Gasteiger partial charge in [-0.2, -0.15) is 0 Å². The van der Waals surface area contributed by atoms with E-state index in [9.17, 15) is 4.79 Å². The van der Waals surface area contributed by atoms with Crippen molar-refractivity contribution in [2.75, 3.05) is 18.8 Å². The molecule has 4 nitrogen and oxygen atoms in total. The molecule has 0 spiro atoms. The standard InChI is InChI=1S/C18H18Cl2N2O2.ClH/c19-16-6-5-14(10-17(16)20)24-15-7-8-22(11-15)18(23)9-12-1-3-13(21)4-2-12;/h1-6,10,15H,7-9,11,21H2;1H. The van der Waals surface area contributed by atoms with Crippen LogP contribution in [0.25, 0.3) is 0 Å². The molecule has 0 bridgehead atoms. The number of nitrogen functional groups attached to an aromatic ring is 1. The minimum absolute atomic E-state index is 0. The second-order valence-corrected chi connectivity index (χ2v) is 6.68. The van der Waals surface area contributed by atoms with E-state index in [0.717, 1.165) is 12.0 Å². The van der Waals surface area contributed by atoms with Crippen LogP contribution < -0.4 is 10.5 Å². The van der Waals surface area contributed by atoms with Gasteiger partial charge in [-0.25, -0.2) is 0 Å². The number of carbonyl (C=O) groups is 1. The number of ether oxygens (including phenoxy) is 1. The maximum absolute atomic E-state index is 12.4. The molecule has 0 aromatic heterocycles. The number of halogens is 3. The lowest BCUT2D eigenvalue weighted by molar-refractivity contribution is -0.129. The fourth-order valence-corrected chi connectivity index (χ4v) is 3.00. The Morgan fingerprint density at radius 1 is 1.16 bits per heavy atom. The lowest BCUT2D eigenvalue weighted by Crippen LogP contribution is -2.32. The summed E-state index contributed by atoms with van der Waals surface area (Å²) in [5, 5.41) is 0.958. The van der Waals surface area contributed by atoms with Gasteiger partial charge in [0.1, 0.15) is 11.9 Å². The number of nitrogens with two attached hydrogens (primary N) is 1. The monoisotopic (exact) mass is 400 g/mol. The number of hydrogen-bond acceptors (Lipinski definition) is 3. The molecule has 1 unspecified atom stereocenters. The molecule has 1 saturated heterocycles. The summed E-state index contributed by atoms with van der Waals surface area (Å²) >= 11 is 11.9. The third-order valence-electron chi connectivity index (χ3n) is 4.03. The van der Waals surface area contributed by atoms with Crippen LogP contribution in [0.5, 0.6) is 5.75 Å². The molecule has 2 aromatic carbocycles. The first kappa shape index (κ1) is 19.7. The van der Waals surface area contributed by atoms with Crippen molar-refractivity contribution >= 4 is 47.2 Å². The van der Waals surface area contributed by atoms with E-state index in [1.807, 2.05) is 29.2 Å². The van der Waals surface area contributed by atoms with Gasteiger partial charge in [0.25, 0.3) is 0 Å². The lowest BCUT2D eigenvalue weighted by atomic mass is 10.1. The number of likely N-dealkylation sites (tertiary alicyclic amines) is 1. The van der Waals surface area contributed by atoms with Crippen LogP contribution in [0.4, 0.5) is 5.69 Å². The highest BCUT2D eigenvalue weighted by Gasteiger charge is 2.27. The largest absolute Gasteiger partial charge is 0.488 e. The van der Waals surface area contributed by atoms with Gasteiger partial charge >= 0.3 is 0 Å². The molecule has 25 heavy (non-hydrogen) atoms. The Balaban J connectivity index is 0.00000225. The number of anilines is 1. The topological polar surface area (TPSA) is 55.6 Å². The molecule has 1 amide bonds. The average molecular weight is 402 g/mol. The molecular weight excluding hydrogens is 383 g/mol. The summed E-state index contributed by atoms with van der Waals surface area (Å²) in [6.45, 7) is 1.27. The zero-order valence-electron chi connectivity index (χ0n) is 13.5. The lowest BCUT2D eigenvalue weighted by Gasteiger charge is -2.17. The van der Waals surface area contributed by atoms with Gasteiger partial charge in [0.05, 0.1) is 23.0 Å². The molecule has 1 aliphatic heterocycles. The summed E-state index contributed by atoms with van der Waals surface area (Å²) in [6, 6.07) is 12.6. The van der Waals surface area contributed by atoms with E-state index in [2.05, 4.69) is 0 Å². The van der Waals surface area contributed by atoms with E-state index < -0.39 is 0 Å². The fraction of sp³-hybridized carbons (Fsp3) is 0.278. The normalized spacial score (nSPS) is 16.4. The van der Waals surface area contributed by atoms with Crippen molar-refractivity contribution in [2.45, 2.75) is 18.9 Å². The maximum Gasteiger partial charge on any atom is 0.227 e. The van der Waals surface area contributed by atoms with Gasteiger partial charge in [-0.1, -0.05) is 35.3 Å². The summed E-state index contributed by atoms with van der Waals surface area (Å²) in [5.41, 5.74) is 7.32.